The number of sulfonamides is 1. The van der Waals surface area contributed by atoms with Crippen molar-refractivity contribution < 1.29 is 17.6 Å². The second kappa shape index (κ2) is 6.72. The molecule has 0 spiro atoms. The van der Waals surface area contributed by atoms with E-state index in [0.29, 0.717) is 18.5 Å². The molecule has 0 atom stereocenters. The van der Waals surface area contributed by atoms with Crippen LogP contribution in [0.3, 0.4) is 0 Å². The average Bonchev–Trinajstić information content (AvgIpc) is 2.96. The molecule has 21 heavy (non-hydrogen) atoms. The van der Waals surface area contributed by atoms with Crippen LogP contribution in [0.15, 0.2) is 18.2 Å². The highest BCUT2D eigenvalue weighted by molar-refractivity contribution is 7.90. The largest absolute Gasteiger partial charge is 0.325 e. The summed E-state index contributed by atoms with van der Waals surface area (Å²) < 4.78 is 39.1. The molecule has 1 saturated carbocycles. The summed E-state index contributed by atoms with van der Waals surface area (Å²) in [5.41, 5.74) is 0.312. The van der Waals surface area contributed by atoms with Gasteiger partial charge in [0.05, 0.1) is 16.8 Å². The van der Waals surface area contributed by atoms with Gasteiger partial charge < -0.3 is 5.32 Å². The minimum Gasteiger partial charge on any atom is -0.325 e. The van der Waals surface area contributed by atoms with Crippen molar-refractivity contribution in [2.45, 2.75) is 30.9 Å². The first-order chi connectivity index (χ1) is 9.88. The zero-order valence-corrected chi connectivity index (χ0v) is 12.8. The fraction of sp³-hybridized carbons (Fsp3) is 0.462. The van der Waals surface area contributed by atoms with Gasteiger partial charge in [0.2, 0.25) is 15.9 Å². The van der Waals surface area contributed by atoms with E-state index in [1.165, 1.54) is 12.1 Å². The highest BCUT2D eigenvalue weighted by Crippen LogP contribution is 2.23. The van der Waals surface area contributed by atoms with E-state index in [1.807, 2.05) is 0 Å². The lowest BCUT2D eigenvalue weighted by molar-refractivity contribution is -0.115. The number of benzene rings is 1. The van der Waals surface area contributed by atoms with Crippen LogP contribution in [0.2, 0.25) is 5.02 Å². The summed E-state index contributed by atoms with van der Waals surface area (Å²) >= 11 is 5.60. The Morgan fingerprint density at radius 3 is 2.62 bits per heavy atom. The van der Waals surface area contributed by atoms with Gasteiger partial charge in [-0.1, -0.05) is 24.4 Å². The zero-order chi connectivity index (χ0) is 15.5. The van der Waals surface area contributed by atoms with Crippen molar-refractivity contribution in [3.05, 3.63) is 29.0 Å². The van der Waals surface area contributed by atoms with Crippen LogP contribution >= 0.6 is 11.6 Å². The van der Waals surface area contributed by atoms with Crippen molar-refractivity contribution in [1.29, 1.82) is 0 Å². The molecule has 0 unspecified atom stereocenters. The lowest BCUT2D eigenvalue weighted by Gasteiger charge is -2.12. The third kappa shape index (κ3) is 4.39. The quantitative estimate of drug-likeness (QED) is 0.867. The summed E-state index contributed by atoms with van der Waals surface area (Å²) in [6.45, 7) is -0.353. The van der Waals surface area contributed by atoms with Crippen LogP contribution in [-0.2, 0) is 14.8 Å². The molecule has 1 aromatic carbocycles. The Morgan fingerprint density at radius 1 is 1.33 bits per heavy atom. The minimum atomic E-state index is -3.46. The van der Waals surface area contributed by atoms with E-state index in [-0.39, 0.29) is 11.6 Å². The van der Waals surface area contributed by atoms with Crippen LogP contribution in [0.1, 0.15) is 25.7 Å². The molecule has 2 rings (SSSR count). The van der Waals surface area contributed by atoms with Crippen molar-refractivity contribution in [2.75, 3.05) is 11.9 Å². The molecule has 0 bridgehead atoms. The Balaban J connectivity index is 1.88. The van der Waals surface area contributed by atoms with Gasteiger partial charge in [0.25, 0.3) is 0 Å². The van der Waals surface area contributed by atoms with Crippen LogP contribution in [0.4, 0.5) is 10.1 Å². The van der Waals surface area contributed by atoms with E-state index in [1.54, 1.807) is 0 Å². The number of amides is 1. The van der Waals surface area contributed by atoms with Gasteiger partial charge >= 0.3 is 0 Å². The van der Waals surface area contributed by atoms with Crippen LogP contribution in [0.5, 0.6) is 0 Å². The molecule has 1 amide bonds. The molecule has 0 aromatic heterocycles. The molecule has 5 nitrogen and oxygen atoms in total. The van der Waals surface area contributed by atoms with Crippen molar-refractivity contribution in [2.24, 2.45) is 0 Å². The molecule has 0 saturated heterocycles. The summed E-state index contributed by atoms with van der Waals surface area (Å²) in [6, 6.07) is 3.74. The molecule has 0 aliphatic heterocycles. The second-order valence-corrected chi connectivity index (χ2v) is 7.40. The second-order valence-electron chi connectivity index (χ2n) is 4.95. The molecular weight excluding hydrogens is 319 g/mol. The minimum absolute atomic E-state index is 0.112. The molecular formula is C13H16ClFN2O3S. The summed E-state index contributed by atoms with van der Waals surface area (Å²) in [5.74, 6) is -1.11. The predicted octanol–water partition coefficient (Wildman–Crippen LogP) is 2.28. The molecule has 1 aliphatic rings. The van der Waals surface area contributed by atoms with Crippen molar-refractivity contribution >= 4 is 33.2 Å². The van der Waals surface area contributed by atoms with Crippen molar-refractivity contribution in [3.8, 4) is 0 Å². The molecule has 0 radical (unpaired) electrons. The summed E-state index contributed by atoms with van der Waals surface area (Å²) in [6.07, 6.45) is 3.05. The van der Waals surface area contributed by atoms with Crippen molar-refractivity contribution in [1.82, 2.24) is 4.72 Å². The smallest absolute Gasteiger partial charge is 0.239 e. The predicted molar refractivity (Wildman–Crippen MR) is 79.2 cm³/mol. The van der Waals surface area contributed by atoms with Crippen molar-refractivity contribution in [3.63, 3.8) is 0 Å². The van der Waals surface area contributed by atoms with Crippen LogP contribution in [0, 0.1) is 5.82 Å². The fourth-order valence-corrected chi connectivity index (χ4v) is 3.96. The Bertz CT molecular complexity index is 630. The number of rotatable bonds is 5. The molecule has 1 aromatic rings. The van der Waals surface area contributed by atoms with Gasteiger partial charge in [0.15, 0.2) is 0 Å². The molecule has 2 N–H and O–H groups in total. The first-order valence-electron chi connectivity index (χ1n) is 6.62. The SMILES string of the molecule is O=C(CNS(=O)(=O)C1CCCC1)Nc1ccc(F)c(Cl)c1. The van der Waals surface area contributed by atoms with Crippen LogP contribution in [-0.4, -0.2) is 26.1 Å². The van der Waals surface area contributed by atoms with Gasteiger partial charge in [-0.25, -0.2) is 17.5 Å². The monoisotopic (exact) mass is 334 g/mol. The van der Waals surface area contributed by atoms with Gasteiger partial charge in [-0.2, -0.15) is 0 Å². The number of halogens is 2. The van der Waals surface area contributed by atoms with Gasteiger partial charge in [0, 0.05) is 5.69 Å². The van der Waals surface area contributed by atoms with Crippen LogP contribution < -0.4 is 10.0 Å². The fourth-order valence-electron chi connectivity index (χ4n) is 2.26. The maximum atomic E-state index is 13.0. The zero-order valence-electron chi connectivity index (χ0n) is 11.2. The average molecular weight is 335 g/mol. The summed E-state index contributed by atoms with van der Waals surface area (Å²) in [4.78, 5) is 11.7. The third-order valence-corrected chi connectivity index (χ3v) is 5.56. The molecule has 0 heterocycles. The number of anilines is 1. The number of nitrogens with one attached hydrogen (secondary N) is 2. The van der Waals surface area contributed by atoms with E-state index in [0.717, 1.165) is 18.9 Å². The number of hydrogen-bond donors (Lipinski definition) is 2. The molecule has 116 valence electrons. The Morgan fingerprint density at radius 2 is 2.00 bits per heavy atom. The maximum absolute atomic E-state index is 13.0. The number of hydrogen-bond acceptors (Lipinski definition) is 3. The van der Waals surface area contributed by atoms with E-state index in [9.17, 15) is 17.6 Å². The highest BCUT2D eigenvalue weighted by atomic mass is 35.5. The topological polar surface area (TPSA) is 75.3 Å². The van der Waals surface area contributed by atoms with E-state index >= 15 is 0 Å². The van der Waals surface area contributed by atoms with Crippen LogP contribution in [0.25, 0.3) is 0 Å². The van der Waals surface area contributed by atoms with E-state index in [4.69, 9.17) is 11.6 Å². The molecule has 8 heteroatoms. The summed E-state index contributed by atoms with van der Waals surface area (Å²) in [5, 5.41) is 1.93. The van der Waals surface area contributed by atoms with Gasteiger partial charge in [-0.05, 0) is 31.0 Å². The molecule has 1 fully saturated rings. The third-order valence-electron chi connectivity index (χ3n) is 3.38. The lowest BCUT2D eigenvalue weighted by Crippen LogP contribution is -2.38. The Hall–Kier alpha value is -1.18. The normalized spacial score (nSPS) is 16.1. The first-order valence-corrected chi connectivity index (χ1v) is 8.54. The van der Waals surface area contributed by atoms with Gasteiger partial charge in [-0.15, -0.1) is 0 Å². The number of carbonyl (C=O) groups is 1. The highest BCUT2D eigenvalue weighted by Gasteiger charge is 2.28. The lowest BCUT2D eigenvalue weighted by atomic mass is 10.3. The first kappa shape index (κ1) is 16.2. The summed E-state index contributed by atoms with van der Waals surface area (Å²) in [7, 11) is -3.46. The molecule has 1 aliphatic carbocycles. The van der Waals surface area contributed by atoms with Gasteiger partial charge in [0.1, 0.15) is 5.82 Å². The van der Waals surface area contributed by atoms with E-state index < -0.39 is 27.0 Å². The number of carbonyl (C=O) groups excluding carboxylic acids is 1. The Labute approximate surface area is 127 Å². The Kier molecular flexibility index (Phi) is 5.18. The standard InChI is InChI=1S/C13H16ClFN2O3S/c14-11-7-9(5-6-12(11)15)17-13(18)8-16-21(19,20)10-3-1-2-4-10/h5-7,10,16H,1-4,8H2,(H,17,18). The maximum Gasteiger partial charge on any atom is 0.239 e. The van der Waals surface area contributed by atoms with E-state index in [2.05, 4.69) is 10.0 Å². The van der Waals surface area contributed by atoms with Gasteiger partial charge in [-0.3, -0.25) is 4.79 Å².